The molecule has 0 bridgehead atoms. The molecule has 29 heavy (non-hydrogen) atoms. The minimum atomic E-state index is -5.17. The van der Waals surface area contributed by atoms with E-state index in [4.69, 9.17) is 22.5 Å². The molecule has 6 nitrogen and oxygen atoms in total. The largest absolute Gasteiger partial charge is 1.00 e. The second kappa shape index (κ2) is 7.67. The monoisotopic (exact) mass is 412 g/mol. The zero-order valence-corrected chi connectivity index (χ0v) is 17.6. The lowest BCUT2D eigenvalue weighted by Crippen LogP contribution is -2.26. The first-order chi connectivity index (χ1) is 13.5. The summed E-state index contributed by atoms with van der Waals surface area (Å²) in [6.45, 7) is 6.73. The molecule has 0 aliphatic carbocycles. The van der Waals surface area contributed by atoms with Crippen LogP contribution in [0, 0.1) is 0 Å². The molecule has 2 aromatic rings. The van der Waals surface area contributed by atoms with Gasteiger partial charge in [0.25, 0.3) is 0 Å². The van der Waals surface area contributed by atoms with E-state index < -0.39 is 10.4 Å². The molecule has 152 valence electrons. The average molecular weight is 413 g/mol. The van der Waals surface area contributed by atoms with Crippen LogP contribution in [-0.2, 0) is 15.8 Å². The number of hydrogen-bond acceptors (Lipinski definition) is 5. The number of para-hydroxylation sites is 2. The Morgan fingerprint density at radius 3 is 2.34 bits per heavy atom. The molecule has 0 saturated carbocycles. The number of benzene rings is 2. The maximum Gasteiger partial charge on any atom is 1.00 e. The summed E-state index contributed by atoms with van der Waals surface area (Å²) >= 11 is 0. The van der Waals surface area contributed by atoms with Crippen molar-refractivity contribution in [3.8, 4) is 0 Å². The zero-order valence-electron chi connectivity index (χ0n) is 17.8. The molecule has 0 spiro atoms. The molecular weight excluding hydrogens is 388 g/mol. The van der Waals surface area contributed by atoms with Crippen LogP contribution in [0.2, 0.25) is 0 Å². The van der Waals surface area contributed by atoms with Gasteiger partial charge in [-0.15, -0.1) is 0 Å². The second-order valence-electron chi connectivity index (χ2n) is 7.64. The van der Waals surface area contributed by atoms with Crippen LogP contribution >= 0.6 is 0 Å². The van der Waals surface area contributed by atoms with Crippen LogP contribution in [-0.4, -0.2) is 40.6 Å². The quantitative estimate of drug-likeness (QED) is 0.424. The summed E-state index contributed by atoms with van der Waals surface area (Å²) in [6.07, 6.45) is 4.61. The number of aliphatic imine (C=N–C) groups is 1. The molecule has 4 rings (SSSR count). The van der Waals surface area contributed by atoms with Crippen molar-refractivity contribution in [3.63, 3.8) is 0 Å². The third-order valence-electron chi connectivity index (χ3n) is 5.41. The topological polar surface area (TPSA) is 95.6 Å². The van der Waals surface area contributed by atoms with Crippen molar-refractivity contribution >= 4 is 33.2 Å². The molecule has 2 heterocycles. The maximum absolute atomic E-state index is 8.52. The highest BCUT2D eigenvalue weighted by molar-refractivity contribution is 7.79. The summed E-state index contributed by atoms with van der Waals surface area (Å²) in [5.41, 5.74) is 7.64. The standard InChI is InChI=1S/C22H23N2.H2O4S/c1-15-16(17-9-5-7-11-19(17)23-15)13-14-21-22(2,3)18-10-6-8-12-20(18)24(21)4;1-5(2,3)4/h5-14,16H,1-4H3;(H2,1,2,3,4)/q+1;/p-1/b14-13+;. The van der Waals surface area contributed by atoms with E-state index >= 15 is 0 Å². The summed E-state index contributed by atoms with van der Waals surface area (Å²) in [7, 11) is -3.00. The summed E-state index contributed by atoms with van der Waals surface area (Å²) in [6, 6.07) is 17.1. The minimum Gasteiger partial charge on any atom is -0.759 e. The van der Waals surface area contributed by atoms with Crippen LogP contribution in [0.25, 0.3) is 0 Å². The first kappa shape index (κ1) is 21.1. The molecule has 0 radical (unpaired) electrons. The molecule has 0 aromatic heterocycles. The Kier molecular flexibility index (Phi) is 5.58. The van der Waals surface area contributed by atoms with E-state index in [0.29, 0.717) is 0 Å². The molecule has 7 heteroatoms. The molecule has 0 saturated heterocycles. The highest BCUT2D eigenvalue weighted by Gasteiger charge is 2.42. The smallest absolute Gasteiger partial charge is 0.759 e. The highest BCUT2D eigenvalue weighted by Crippen LogP contribution is 2.40. The highest BCUT2D eigenvalue weighted by atomic mass is 32.3. The predicted molar refractivity (Wildman–Crippen MR) is 113 cm³/mol. The van der Waals surface area contributed by atoms with Gasteiger partial charge in [-0.05, 0) is 32.4 Å². The fourth-order valence-corrected chi connectivity index (χ4v) is 4.07. The number of nitrogens with zero attached hydrogens (tertiary/aromatic N) is 2. The van der Waals surface area contributed by atoms with E-state index in [2.05, 4.69) is 93.1 Å². The van der Waals surface area contributed by atoms with E-state index in [9.17, 15) is 0 Å². The lowest BCUT2D eigenvalue weighted by atomic mass is 9.81. The van der Waals surface area contributed by atoms with Crippen molar-refractivity contribution in [1.82, 2.24) is 0 Å². The molecule has 0 amide bonds. The summed E-state index contributed by atoms with van der Waals surface area (Å²) in [5.74, 6) is 0.279. The van der Waals surface area contributed by atoms with Gasteiger partial charge in [-0.1, -0.05) is 42.5 Å². The van der Waals surface area contributed by atoms with Crippen LogP contribution in [0.5, 0.6) is 0 Å². The van der Waals surface area contributed by atoms with E-state index in [1.165, 1.54) is 28.2 Å². The molecular formula is C22H24N2O4S. The Balaban J connectivity index is 0.000000482. The zero-order chi connectivity index (χ0) is 21.4. The van der Waals surface area contributed by atoms with Gasteiger partial charge in [0, 0.05) is 39.7 Å². The van der Waals surface area contributed by atoms with Crippen molar-refractivity contribution in [1.29, 1.82) is 0 Å². The average Bonchev–Trinajstić information content (AvgIpc) is 3.04. The van der Waals surface area contributed by atoms with Gasteiger partial charge >= 0.3 is 1.43 Å². The minimum absolute atomic E-state index is 0. The Morgan fingerprint density at radius 1 is 1.10 bits per heavy atom. The van der Waals surface area contributed by atoms with Crippen LogP contribution in [0.3, 0.4) is 0 Å². The predicted octanol–water partition coefficient (Wildman–Crippen LogP) is 3.91. The van der Waals surface area contributed by atoms with Gasteiger partial charge in [0.2, 0.25) is 5.69 Å². The van der Waals surface area contributed by atoms with Gasteiger partial charge in [-0.2, -0.15) is 4.58 Å². The summed E-state index contributed by atoms with van der Waals surface area (Å²) in [4.78, 5) is 4.72. The molecule has 0 fully saturated rings. The van der Waals surface area contributed by atoms with Crippen LogP contribution in [0.4, 0.5) is 11.4 Å². The summed E-state index contributed by atoms with van der Waals surface area (Å²) < 4.78 is 36.4. The molecule has 2 aliphatic rings. The normalized spacial score (nSPS) is 19.5. The lowest BCUT2D eigenvalue weighted by Gasteiger charge is -2.15. The van der Waals surface area contributed by atoms with Gasteiger partial charge in [0.1, 0.15) is 7.05 Å². The van der Waals surface area contributed by atoms with Gasteiger partial charge in [0.15, 0.2) is 5.71 Å². The first-order valence-electron chi connectivity index (χ1n) is 9.20. The van der Waals surface area contributed by atoms with Gasteiger partial charge in [0.05, 0.1) is 11.1 Å². The molecule has 2 aromatic carbocycles. The van der Waals surface area contributed by atoms with Crippen LogP contribution < -0.4 is 0 Å². The number of rotatable bonds is 2. The van der Waals surface area contributed by atoms with E-state index in [0.717, 1.165) is 5.69 Å². The van der Waals surface area contributed by atoms with E-state index in [1.807, 2.05) is 0 Å². The van der Waals surface area contributed by atoms with Crippen molar-refractivity contribution < 1.29 is 23.5 Å². The molecule has 0 N–H and O–H groups in total. The summed E-state index contributed by atoms with van der Waals surface area (Å²) in [5, 5.41) is 0. The Morgan fingerprint density at radius 2 is 1.69 bits per heavy atom. The van der Waals surface area contributed by atoms with Crippen molar-refractivity contribution in [2.24, 2.45) is 4.99 Å². The van der Waals surface area contributed by atoms with Crippen molar-refractivity contribution in [2.45, 2.75) is 32.1 Å². The van der Waals surface area contributed by atoms with E-state index in [-0.39, 0.29) is 12.8 Å². The number of hydrogen-bond donors (Lipinski definition) is 0. The third kappa shape index (κ3) is 4.37. The third-order valence-corrected chi connectivity index (χ3v) is 5.41. The van der Waals surface area contributed by atoms with Gasteiger partial charge < -0.3 is 9.11 Å². The Labute approximate surface area is 173 Å². The lowest BCUT2D eigenvalue weighted by molar-refractivity contribution is -0.401. The van der Waals surface area contributed by atoms with Gasteiger partial charge in [-0.25, -0.2) is 0 Å². The Hall–Kier alpha value is -2.61. The molecule has 2 aliphatic heterocycles. The second-order valence-corrected chi connectivity index (χ2v) is 8.46. The molecule has 1 unspecified atom stereocenters. The number of fused-ring (bicyclic) bond motifs is 2. The van der Waals surface area contributed by atoms with Crippen LogP contribution in [0.1, 0.15) is 39.2 Å². The molecule has 1 atom stereocenters. The maximum atomic E-state index is 8.52. The SMILES string of the molecule is CC1=Nc2ccccc2C1/C=C/C1=[N+](C)c2ccccc2C1(C)C.O=S(=O)([O-])[O-].[H+]. The van der Waals surface area contributed by atoms with E-state index in [1.54, 1.807) is 0 Å². The fourth-order valence-electron chi connectivity index (χ4n) is 4.07. The van der Waals surface area contributed by atoms with Crippen LogP contribution in [0.15, 0.2) is 65.7 Å². The van der Waals surface area contributed by atoms with Crippen molar-refractivity contribution in [2.75, 3.05) is 7.05 Å². The fraction of sp³-hybridized carbons (Fsp3) is 0.273. The number of allylic oxidation sites excluding steroid dienone is 2. The van der Waals surface area contributed by atoms with Gasteiger partial charge in [-0.3, -0.25) is 13.4 Å². The van der Waals surface area contributed by atoms with Crippen molar-refractivity contribution in [3.05, 3.63) is 71.8 Å². The Bertz CT molecular complexity index is 1140. The first-order valence-corrected chi connectivity index (χ1v) is 10.5.